The van der Waals surface area contributed by atoms with Crippen molar-refractivity contribution >= 4 is 32.6 Å². The van der Waals surface area contributed by atoms with E-state index in [1.54, 1.807) is 4.68 Å². The van der Waals surface area contributed by atoms with Crippen molar-refractivity contribution in [2.45, 2.75) is 5.92 Å². The zero-order valence-electron chi connectivity index (χ0n) is 12.7. The lowest BCUT2D eigenvalue weighted by Crippen LogP contribution is -2.27. The standard InChI is InChI=1S/C16H17N5OS/c1-21-9-10(6-18-21)11-7-17-8-12(11)15(22)20-16-19-13-4-2-3-5-14(13)23-16/h2-6,9,11-12,17H,7-8H2,1H3,(H,19,20,22)/t11-,12+/m1/s1. The second-order valence-corrected chi connectivity index (χ2v) is 6.83. The highest BCUT2D eigenvalue weighted by Gasteiger charge is 2.35. The highest BCUT2D eigenvalue weighted by Crippen LogP contribution is 2.30. The fourth-order valence-corrected chi connectivity index (χ4v) is 3.93. The van der Waals surface area contributed by atoms with E-state index in [4.69, 9.17) is 0 Å². The first-order valence-corrected chi connectivity index (χ1v) is 8.38. The number of thiazole rings is 1. The van der Waals surface area contributed by atoms with Crippen LogP contribution in [0.3, 0.4) is 0 Å². The molecule has 23 heavy (non-hydrogen) atoms. The van der Waals surface area contributed by atoms with Crippen LogP contribution in [-0.2, 0) is 11.8 Å². The summed E-state index contributed by atoms with van der Waals surface area (Å²) >= 11 is 1.51. The van der Waals surface area contributed by atoms with Crippen molar-refractivity contribution in [2.75, 3.05) is 18.4 Å². The molecule has 1 aliphatic rings. The van der Waals surface area contributed by atoms with Gasteiger partial charge < -0.3 is 10.6 Å². The Morgan fingerprint density at radius 3 is 3.04 bits per heavy atom. The van der Waals surface area contributed by atoms with Crippen LogP contribution in [0.5, 0.6) is 0 Å². The van der Waals surface area contributed by atoms with Crippen molar-refractivity contribution in [3.8, 4) is 0 Å². The maximum Gasteiger partial charge on any atom is 0.231 e. The molecule has 0 bridgehead atoms. The summed E-state index contributed by atoms with van der Waals surface area (Å²) < 4.78 is 2.85. The number of carbonyl (C=O) groups excluding carboxylic acids is 1. The number of amides is 1. The minimum atomic E-state index is -0.105. The van der Waals surface area contributed by atoms with Gasteiger partial charge in [0.15, 0.2) is 5.13 Å². The number of rotatable bonds is 3. The molecule has 0 spiro atoms. The first-order valence-electron chi connectivity index (χ1n) is 7.56. The normalized spacial score (nSPS) is 20.9. The van der Waals surface area contributed by atoms with Gasteiger partial charge in [-0.15, -0.1) is 0 Å². The zero-order chi connectivity index (χ0) is 15.8. The second-order valence-electron chi connectivity index (χ2n) is 5.79. The number of nitrogens with one attached hydrogen (secondary N) is 2. The molecule has 2 aromatic heterocycles. The summed E-state index contributed by atoms with van der Waals surface area (Å²) in [6, 6.07) is 7.90. The van der Waals surface area contributed by atoms with Gasteiger partial charge in [0, 0.05) is 32.3 Å². The number of fused-ring (bicyclic) bond motifs is 1. The van der Waals surface area contributed by atoms with E-state index in [0.717, 1.165) is 22.3 Å². The maximum atomic E-state index is 12.7. The number of nitrogens with zero attached hydrogens (tertiary/aromatic N) is 3. The Hall–Kier alpha value is -2.25. The van der Waals surface area contributed by atoms with E-state index in [0.29, 0.717) is 11.7 Å². The highest BCUT2D eigenvalue weighted by molar-refractivity contribution is 7.22. The fourth-order valence-electron chi connectivity index (χ4n) is 3.06. The van der Waals surface area contributed by atoms with Crippen molar-refractivity contribution in [3.63, 3.8) is 0 Å². The summed E-state index contributed by atoms with van der Waals surface area (Å²) in [5.41, 5.74) is 2.02. The number of hydrogen-bond donors (Lipinski definition) is 2. The van der Waals surface area contributed by atoms with Crippen molar-refractivity contribution in [1.82, 2.24) is 20.1 Å². The van der Waals surface area contributed by atoms with Gasteiger partial charge in [-0.25, -0.2) is 4.98 Å². The lowest BCUT2D eigenvalue weighted by atomic mass is 9.90. The van der Waals surface area contributed by atoms with Gasteiger partial charge >= 0.3 is 0 Å². The average molecular weight is 327 g/mol. The molecule has 6 nitrogen and oxygen atoms in total. The molecule has 2 N–H and O–H groups in total. The number of para-hydroxylation sites is 1. The van der Waals surface area contributed by atoms with Crippen LogP contribution in [0, 0.1) is 5.92 Å². The first-order chi connectivity index (χ1) is 11.2. The number of aromatic nitrogens is 3. The van der Waals surface area contributed by atoms with Crippen LogP contribution < -0.4 is 10.6 Å². The topological polar surface area (TPSA) is 71.8 Å². The molecule has 1 aromatic carbocycles. The van der Waals surface area contributed by atoms with Crippen molar-refractivity contribution < 1.29 is 4.79 Å². The Bertz CT molecular complexity index is 822. The summed E-state index contributed by atoms with van der Waals surface area (Å²) in [5.74, 6) is 0.0622. The smallest absolute Gasteiger partial charge is 0.231 e. The minimum Gasteiger partial charge on any atom is -0.315 e. The largest absolute Gasteiger partial charge is 0.315 e. The predicted molar refractivity (Wildman–Crippen MR) is 90.6 cm³/mol. The Labute approximate surface area is 137 Å². The summed E-state index contributed by atoms with van der Waals surface area (Å²) in [7, 11) is 1.89. The Balaban J connectivity index is 1.53. The van der Waals surface area contributed by atoms with Gasteiger partial charge in [-0.1, -0.05) is 23.5 Å². The molecular weight excluding hydrogens is 310 g/mol. The van der Waals surface area contributed by atoms with Crippen LogP contribution in [0.2, 0.25) is 0 Å². The molecule has 0 unspecified atom stereocenters. The van der Waals surface area contributed by atoms with E-state index < -0.39 is 0 Å². The van der Waals surface area contributed by atoms with Crippen molar-refractivity contribution in [3.05, 3.63) is 42.2 Å². The number of anilines is 1. The molecular formula is C16H17N5OS. The Morgan fingerprint density at radius 1 is 1.39 bits per heavy atom. The third-order valence-electron chi connectivity index (χ3n) is 4.23. The molecule has 118 valence electrons. The fraction of sp³-hybridized carbons (Fsp3) is 0.312. The van der Waals surface area contributed by atoms with Crippen LogP contribution in [-0.4, -0.2) is 33.8 Å². The van der Waals surface area contributed by atoms with Gasteiger partial charge in [0.25, 0.3) is 0 Å². The van der Waals surface area contributed by atoms with Crippen molar-refractivity contribution in [2.24, 2.45) is 13.0 Å². The van der Waals surface area contributed by atoms with Crippen LogP contribution in [0.25, 0.3) is 10.2 Å². The van der Waals surface area contributed by atoms with E-state index in [2.05, 4.69) is 20.7 Å². The average Bonchev–Trinajstić information content (AvgIpc) is 3.24. The molecule has 1 fully saturated rings. The predicted octanol–water partition coefficient (Wildman–Crippen LogP) is 1.97. The van der Waals surface area contributed by atoms with Gasteiger partial charge in [-0.3, -0.25) is 9.48 Å². The van der Waals surface area contributed by atoms with E-state index >= 15 is 0 Å². The Kier molecular flexibility index (Phi) is 3.59. The minimum absolute atomic E-state index is 0.0166. The number of hydrogen-bond acceptors (Lipinski definition) is 5. The summed E-state index contributed by atoms with van der Waals surface area (Å²) in [6.45, 7) is 1.47. The third-order valence-corrected chi connectivity index (χ3v) is 5.18. The first kappa shape index (κ1) is 14.3. The molecule has 0 aliphatic carbocycles. The van der Waals surface area contributed by atoms with Gasteiger partial charge in [-0.2, -0.15) is 5.10 Å². The summed E-state index contributed by atoms with van der Waals surface area (Å²) in [4.78, 5) is 17.1. The molecule has 7 heteroatoms. The second kappa shape index (κ2) is 5.75. The SMILES string of the molecule is Cn1cc([C@H]2CNC[C@@H]2C(=O)Nc2nc3ccccc3s2)cn1. The molecule has 2 atom stereocenters. The maximum absolute atomic E-state index is 12.7. The highest BCUT2D eigenvalue weighted by atomic mass is 32.1. The molecule has 0 radical (unpaired) electrons. The van der Waals surface area contributed by atoms with Gasteiger partial charge in [-0.05, 0) is 17.7 Å². The van der Waals surface area contributed by atoms with Crippen LogP contribution in [0.1, 0.15) is 11.5 Å². The molecule has 3 heterocycles. The van der Waals surface area contributed by atoms with Crippen LogP contribution >= 0.6 is 11.3 Å². The third kappa shape index (κ3) is 2.73. The van der Waals surface area contributed by atoms with E-state index in [-0.39, 0.29) is 17.7 Å². The lowest BCUT2D eigenvalue weighted by Gasteiger charge is -2.15. The molecule has 0 saturated carbocycles. The number of benzene rings is 1. The molecule has 1 saturated heterocycles. The molecule has 1 aliphatic heterocycles. The quantitative estimate of drug-likeness (QED) is 0.771. The molecule has 3 aromatic rings. The van der Waals surface area contributed by atoms with Gasteiger partial charge in [0.1, 0.15) is 0 Å². The van der Waals surface area contributed by atoms with Crippen LogP contribution in [0.15, 0.2) is 36.7 Å². The van der Waals surface area contributed by atoms with E-state index in [1.807, 2.05) is 43.7 Å². The summed E-state index contributed by atoms with van der Waals surface area (Å²) in [5, 5.41) is 11.2. The lowest BCUT2D eigenvalue weighted by molar-refractivity contribution is -0.119. The molecule has 1 amide bonds. The van der Waals surface area contributed by atoms with E-state index in [9.17, 15) is 4.79 Å². The zero-order valence-corrected chi connectivity index (χ0v) is 13.5. The summed E-state index contributed by atoms with van der Waals surface area (Å²) in [6.07, 6.45) is 3.82. The monoisotopic (exact) mass is 327 g/mol. The number of carbonyl (C=O) groups is 1. The number of aryl methyl sites for hydroxylation is 1. The van der Waals surface area contributed by atoms with Crippen molar-refractivity contribution in [1.29, 1.82) is 0 Å². The van der Waals surface area contributed by atoms with Gasteiger partial charge in [0.2, 0.25) is 5.91 Å². The van der Waals surface area contributed by atoms with Gasteiger partial charge in [0.05, 0.1) is 22.3 Å². The molecule has 4 rings (SSSR count). The van der Waals surface area contributed by atoms with E-state index in [1.165, 1.54) is 11.3 Å². The van der Waals surface area contributed by atoms with Crippen LogP contribution in [0.4, 0.5) is 5.13 Å². The Morgan fingerprint density at radius 2 is 2.26 bits per heavy atom.